The van der Waals surface area contributed by atoms with Crippen molar-refractivity contribution < 1.29 is 19.8 Å². The number of halogens is 1. The molecule has 7 heteroatoms. The maximum absolute atomic E-state index is 13.6. The maximum Gasteiger partial charge on any atom is 0.168 e. The van der Waals surface area contributed by atoms with E-state index in [0.29, 0.717) is 17.7 Å². The molecule has 3 aromatic rings. The zero-order valence-corrected chi connectivity index (χ0v) is 22.4. The fourth-order valence-electron chi connectivity index (χ4n) is 3.87. The highest BCUT2D eigenvalue weighted by Crippen LogP contribution is 2.28. The molecule has 0 fully saturated rings. The van der Waals surface area contributed by atoms with Crippen LogP contribution in [-0.4, -0.2) is 28.3 Å². The van der Waals surface area contributed by atoms with Crippen LogP contribution in [0, 0.1) is 17.2 Å². The molecule has 0 spiro atoms. The summed E-state index contributed by atoms with van der Waals surface area (Å²) >= 11 is 3.47. The number of aromatic hydroxyl groups is 2. The number of hydrogen-bond donors (Lipinski definition) is 3. The van der Waals surface area contributed by atoms with Gasteiger partial charge < -0.3 is 15.5 Å². The Bertz CT molecular complexity index is 1450. The van der Waals surface area contributed by atoms with Gasteiger partial charge in [0, 0.05) is 17.1 Å². The normalized spacial score (nSPS) is 12.8. The molecule has 6 nitrogen and oxygen atoms in total. The van der Waals surface area contributed by atoms with Crippen LogP contribution in [0.25, 0.3) is 12.2 Å². The molecule has 0 saturated carbocycles. The van der Waals surface area contributed by atoms with Gasteiger partial charge in [-0.25, -0.2) is 0 Å². The van der Waals surface area contributed by atoms with Gasteiger partial charge in [0.05, 0.1) is 11.6 Å². The number of allylic oxidation sites excluding steroid dienone is 2. The Labute approximate surface area is 230 Å². The van der Waals surface area contributed by atoms with Crippen molar-refractivity contribution in [1.29, 1.82) is 5.26 Å². The molecule has 38 heavy (non-hydrogen) atoms. The molecule has 3 aromatic carbocycles. The number of nitrogens with zero attached hydrogens (tertiary/aromatic N) is 1. The van der Waals surface area contributed by atoms with E-state index < -0.39 is 23.5 Å². The lowest BCUT2D eigenvalue weighted by molar-refractivity contribution is -0.128. The lowest BCUT2D eigenvalue weighted by atomic mass is 9.85. The molecule has 0 aliphatic heterocycles. The van der Waals surface area contributed by atoms with Gasteiger partial charge in [-0.1, -0.05) is 64.5 Å². The Hall–Kier alpha value is -4.25. The minimum atomic E-state index is -1.14. The third-order valence-electron chi connectivity index (χ3n) is 5.60. The van der Waals surface area contributed by atoms with Gasteiger partial charge in [-0.2, -0.15) is 5.26 Å². The molecule has 3 N–H and O–H groups in total. The van der Waals surface area contributed by atoms with Crippen LogP contribution in [0.2, 0.25) is 0 Å². The maximum atomic E-state index is 13.6. The fourth-order valence-corrected chi connectivity index (χ4v) is 4.29. The van der Waals surface area contributed by atoms with E-state index >= 15 is 0 Å². The fraction of sp³-hybridized carbons (Fsp3) is 0.129. The second kappa shape index (κ2) is 13.3. The summed E-state index contributed by atoms with van der Waals surface area (Å²) in [4.78, 5) is 27.2. The second-order valence-electron chi connectivity index (χ2n) is 8.84. The number of benzene rings is 3. The number of phenols is 2. The van der Waals surface area contributed by atoms with E-state index in [1.54, 1.807) is 18.2 Å². The number of nitrogens with one attached hydrogen (secondary N) is 1. The standard InChI is InChI=1S/C31H27BrN2O4/c1-20(2)19-34-31(24-6-4-7-25(32)17-24)30(28(37)11-9-21-5-3-8-26(35)14-21)29(38)12-10-22-13-23(18-33)16-27(36)15-22/h3-17,30-31,34-36H,1,19H2,2H3/b11-9+,12-10+. The lowest BCUT2D eigenvalue weighted by Crippen LogP contribution is -2.37. The minimum Gasteiger partial charge on any atom is -0.508 e. The SMILES string of the molecule is C=C(C)CNC(c1cccc(Br)c1)C(C(=O)/C=C/c1cccc(O)c1)C(=O)/C=C/c1cc(O)cc(C#N)c1. The molecule has 0 aromatic heterocycles. The molecule has 0 aliphatic carbocycles. The van der Waals surface area contributed by atoms with Gasteiger partial charge in [0.25, 0.3) is 0 Å². The van der Waals surface area contributed by atoms with Crippen LogP contribution in [0.4, 0.5) is 0 Å². The first kappa shape index (κ1) is 28.3. The molecule has 0 radical (unpaired) electrons. The summed E-state index contributed by atoms with van der Waals surface area (Å²) in [5.74, 6) is -2.07. The molecule has 0 saturated heterocycles. The molecule has 0 aliphatic rings. The molecule has 3 rings (SSSR count). The van der Waals surface area contributed by atoms with Gasteiger partial charge in [0.15, 0.2) is 11.6 Å². The van der Waals surface area contributed by atoms with Crippen molar-refractivity contribution in [3.05, 3.63) is 118 Å². The van der Waals surface area contributed by atoms with Crippen LogP contribution in [-0.2, 0) is 9.59 Å². The van der Waals surface area contributed by atoms with E-state index in [1.165, 1.54) is 48.6 Å². The van der Waals surface area contributed by atoms with Crippen molar-refractivity contribution in [3.8, 4) is 17.6 Å². The average Bonchev–Trinajstić information content (AvgIpc) is 2.88. The third kappa shape index (κ3) is 8.13. The Balaban J connectivity index is 2.04. The number of carbonyl (C=O) groups is 2. The molecular weight excluding hydrogens is 544 g/mol. The van der Waals surface area contributed by atoms with Crippen molar-refractivity contribution in [3.63, 3.8) is 0 Å². The monoisotopic (exact) mass is 570 g/mol. The Kier molecular flexibility index (Phi) is 9.94. The van der Waals surface area contributed by atoms with Gasteiger partial charge in [0.2, 0.25) is 0 Å². The van der Waals surface area contributed by atoms with Crippen molar-refractivity contribution in [2.75, 3.05) is 6.54 Å². The summed E-state index contributed by atoms with van der Waals surface area (Å²) in [5, 5.41) is 32.1. The Morgan fingerprint density at radius 1 is 0.974 bits per heavy atom. The van der Waals surface area contributed by atoms with Crippen LogP contribution >= 0.6 is 15.9 Å². The van der Waals surface area contributed by atoms with Crippen LogP contribution in [0.15, 0.2) is 95.5 Å². The number of carbonyl (C=O) groups excluding carboxylic acids is 2. The highest BCUT2D eigenvalue weighted by molar-refractivity contribution is 9.10. The van der Waals surface area contributed by atoms with Gasteiger partial charge >= 0.3 is 0 Å². The summed E-state index contributed by atoms with van der Waals surface area (Å²) < 4.78 is 0.797. The number of hydrogen-bond acceptors (Lipinski definition) is 6. The number of phenolic OH excluding ortho intramolecular Hbond substituents is 2. The summed E-state index contributed by atoms with van der Waals surface area (Å²) in [6.45, 7) is 6.16. The number of ketones is 2. The van der Waals surface area contributed by atoms with Crippen LogP contribution in [0.1, 0.15) is 35.2 Å². The van der Waals surface area contributed by atoms with E-state index in [2.05, 4.69) is 27.8 Å². The van der Waals surface area contributed by atoms with E-state index in [4.69, 9.17) is 0 Å². The topological polar surface area (TPSA) is 110 Å². The van der Waals surface area contributed by atoms with Gasteiger partial charge in [-0.15, -0.1) is 0 Å². The molecule has 0 heterocycles. The third-order valence-corrected chi connectivity index (χ3v) is 6.09. The smallest absolute Gasteiger partial charge is 0.168 e. The van der Waals surface area contributed by atoms with Crippen LogP contribution in [0.3, 0.4) is 0 Å². The largest absolute Gasteiger partial charge is 0.508 e. The highest BCUT2D eigenvalue weighted by Gasteiger charge is 2.33. The van der Waals surface area contributed by atoms with E-state index in [-0.39, 0.29) is 17.1 Å². The predicted octanol–water partition coefficient (Wildman–Crippen LogP) is 6.12. The zero-order chi connectivity index (χ0) is 27.7. The zero-order valence-electron chi connectivity index (χ0n) is 20.8. The highest BCUT2D eigenvalue weighted by atomic mass is 79.9. The predicted molar refractivity (Wildman–Crippen MR) is 152 cm³/mol. The van der Waals surface area contributed by atoms with Crippen LogP contribution in [0.5, 0.6) is 11.5 Å². The number of rotatable bonds is 11. The Morgan fingerprint density at radius 2 is 1.63 bits per heavy atom. The molecular formula is C31H27BrN2O4. The summed E-state index contributed by atoms with van der Waals surface area (Å²) in [5.41, 5.74) is 2.87. The van der Waals surface area contributed by atoms with Crippen molar-refractivity contribution in [2.24, 2.45) is 5.92 Å². The van der Waals surface area contributed by atoms with Crippen molar-refractivity contribution in [1.82, 2.24) is 5.32 Å². The first-order valence-electron chi connectivity index (χ1n) is 11.8. The lowest BCUT2D eigenvalue weighted by Gasteiger charge is -2.26. The van der Waals surface area contributed by atoms with Gasteiger partial charge in [0.1, 0.15) is 17.4 Å². The second-order valence-corrected chi connectivity index (χ2v) is 9.76. The Morgan fingerprint density at radius 3 is 2.26 bits per heavy atom. The molecule has 0 amide bonds. The van der Waals surface area contributed by atoms with Gasteiger partial charge in [-0.3, -0.25) is 9.59 Å². The summed E-state index contributed by atoms with van der Waals surface area (Å²) in [6, 6.07) is 19.4. The van der Waals surface area contributed by atoms with Gasteiger partial charge in [-0.05, 0) is 78.2 Å². The van der Waals surface area contributed by atoms with Crippen LogP contribution < -0.4 is 5.32 Å². The van der Waals surface area contributed by atoms with E-state index in [1.807, 2.05) is 37.3 Å². The van der Waals surface area contributed by atoms with E-state index in [0.717, 1.165) is 15.6 Å². The summed E-state index contributed by atoms with van der Waals surface area (Å²) in [6.07, 6.45) is 5.64. The summed E-state index contributed by atoms with van der Waals surface area (Å²) in [7, 11) is 0. The first-order chi connectivity index (χ1) is 18.2. The number of nitriles is 1. The van der Waals surface area contributed by atoms with Crippen molar-refractivity contribution in [2.45, 2.75) is 13.0 Å². The quantitative estimate of drug-likeness (QED) is 0.145. The first-order valence-corrected chi connectivity index (χ1v) is 12.6. The van der Waals surface area contributed by atoms with Crippen molar-refractivity contribution >= 4 is 39.6 Å². The molecule has 192 valence electrons. The molecule has 2 unspecified atom stereocenters. The molecule has 0 bridgehead atoms. The molecule has 2 atom stereocenters. The minimum absolute atomic E-state index is 0.0631. The average molecular weight is 571 g/mol. The van der Waals surface area contributed by atoms with E-state index in [9.17, 15) is 25.1 Å².